The first-order valence-electron chi connectivity index (χ1n) is 7.29. The van der Waals surface area contributed by atoms with Gasteiger partial charge >= 0.3 is 0 Å². The van der Waals surface area contributed by atoms with Gasteiger partial charge in [0.1, 0.15) is 11.6 Å². The van der Waals surface area contributed by atoms with Crippen LogP contribution in [0.1, 0.15) is 21.8 Å². The highest BCUT2D eigenvalue weighted by Gasteiger charge is 2.29. The van der Waals surface area contributed by atoms with Gasteiger partial charge in [0.15, 0.2) is 10.4 Å². The second kappa shape index (κ2) is 6.23. The molecule has 0 unspecified atom stereocenters. The summed E-state index contributed by atoms with van der Waals surface area (Å²) >= 11 is 3.15. The number of benzene rings is 1. The normalized spacial score (nSPS) is 16.0. The van der Waals surface area contributed by atoms with Crippen molar-refractivity contribution in [2.75, 3.05) is 5.32 Å². The van der Waals surface area contributed by atoms with E-state index in [0.717, 1.165) is 5.56 Å². The van der Waals surface area contributed by atoms with E-state index in [2.05, 4.69) is 26.3 Å². The Labute approximate surface area is 152 Å². The number of carbonyl (C=O) groups excluding carboxylic acids is 1. The van der Waals surface area contributed by atoms with Crippen LogP contribution in [0, 0.1) is 5.82 Å². The van der Waals surface area contributed by atoms with E-state index in [-0.39, 0.29) is 11.6 Å². The van der Waals surface area contributed by atoms with Crippen LogP contribution in [0.25, 0.3) is 5.69 Å². The van der Waals surface area contributed by atoms with Crippen LogP contribution in [0.2, 0.25) is 0 Å². The highest BCUT2D eigenvalue weighted by atomic mass is 79.9. The van der Waals surface area contributed by atoms with E-state index in [9.17, 15) is 13.4 Å². The van der Waals surface area contributed by atoms with Crippen molar-refractivity contribution in [3.05, 3.63) is 63.9 Å². The molecule has 0 radical (unpaired) electrons. The molecule has 1 atom stereocenters. The average molecular weight is 424 g/mol. The zero-order valence-electron chi connectivity index (χ0n) is 12.7. The minimum atomic E-state index is -1.04. The molecule has 128 valence electrons. The van der Waals surface area contributed by atoms with Crippen molar-refractivity contribution in [1.82, 2.24) is 9.78 Å². The topological polar surface area (TPSA) is 77.1 Å². The van der Waals surface area contributed by atoms with Crippen molar-refractivity contribution < 1.29 is 17.8 Å². The van der Waals surface area contributed by atoms with E-state index in [1.807, 2.05) is 0 Å². The first kappa shape index (κ1) is 16.2. The van der Waals surface area contributed by atoms with Crippen molar-refractivity contribution in [2.24, 2.45) is 0 Å². The number of anilines is 1. The fraction of sp³-hybridized carbons (Fsp3) is 0.125. The van der Waals surface area contributed by atoms with Crippen molar-refractivity contribution in [2.45, 2.75) is 11.5 Å². The van der Waals surface area contributed by atoms with Crippen LogP contribution < -0.4 is 5.32 Å². The van der Waals surface area contributed by atoms with Gasteiger partial charge in [0.2, 0.25) is 0 Å². The lowest BCUT2D eigenvalue weighted by Crippen LogP contribution is -2.16. The van der Waals surface area contributed by atoms with Gasteiger partial charge in [0.05, 0.1) is 22.9 Å². The lowest BCUT2D eigenvalue weighted by Gasteiger charge is -2.10. The number of rotatable bonds is 3. The maximum Gasteiger partial charge on any atom is 0.292 e. The number of nitrogens with one attached hydrogen (secondary N) is 1. The van der Waals surface area contributed by atoms with Crippen LogP contribution in [-0.2, 0) is 22.3 Å². The smallest absolute Gasteiger partial charge is 0.292 e. The second-order valence-electron chi connectivity index (χ2n) is 5.45. The third kappa shape index (κ3) is 3.05. The zero-order valence-corrected chi connectivity index (χ0v) is 15.1. The third-order valence-corrected chi connectivity index (χ3v) is 5.40. The molecule has 0 fully saturated rings. The number of hydrogen-bond acceptors (Lipinski definition) is 4. The summed E-state index contributed by atoms with van der Waals surface area (Å²) in [5, 5.41) is 7.21. The lowest BCUT2D eigenvalue weighted by atomic mass is 10.2. The molecule has 0 saturated heterocycles. The number of furan rings is 1. The predicted octanol–water partition coefficient (Wildman–Crippen LogP) is 3.38. The standard InChI is InChI=1S/C16H11BrFN3O3S/c17-14-6-5-13(24-14)16(22)19-15-11-7-25(23)8-12(11)20-21(15)10-3-1-9(18)2-4-10/h1-6H,7-8H2,(H,19,22)/t25-/m1/s1. The quantitative estimate of drug-likeness (QED) is 0.700. The molecule has 2 aromatic heterocycles. The molecule has 1 aromatic carbocycles. The highest BCUT2D eigenvalue weighted by molar-refractivity contribution is 9.10. The van der Waals surface area contributed by atoms with Gasteiger partial charge < -0.3 is 9.73 Å². The van der Waals surface area contributed by atoms with Gasteiger partial charge in [-0.3, -0.25) is 9.00 Å². The van der Waals surface area contributed by atoms with Gasteiger partial charge in [0.25, 0.3) is 5.91 Å². The number of amides is 1. The highest BCUT2D eigenvalue weighted by Crippen LogP contribution is 2.31. The number of nitrogens with zero attached hydrogens (tertiary/aromatic N) is 2. The Morgan fingerprint density at radius 1 is 1.24 bits per heavy atom. The molecular weight excluding hydrogens is 413 g/mol. The van der Waals surface area contributed by atoms with Crippen LogP contribution in [0.3, 0.4) is 0 Å². The maximum atomic E-state index is 13.2. The molecular formula is C16H11BrFN3O3S. The summed E-state index contributed by atoms with van der Waals surface area (Å²) < 4.78 is 32.3. The molecule has 0 saturated carbocycles. The summed E-state index contributed by atoms with van der Waals surface area (Å²) in [6, 6.07) is 8.91. The first-order valence-corrected chi connectivity index (χ1v) is 9.58. The second-order valence-corrected chi connectivity index (χ2v) is 7.69. The Bertz CT molecular complexity index is 997. The van der Waals surface area contributed by atoms with Crippen LogP contribution in [0.4, 0.5) is 10.2 Å². The summed E-state index contributed by atoms with van der Waals surface area (Å²) in [5.41, 5.74) is 1.98. The lowest BCUT2D eigenvalue weighted by molar-refractivity contribution is 0.0994. The summed E-state index contributed by atoms with van der Waals surface area (Å²) in [7, 11) is -1.04. The van der Waals surface area contributed by atoms with Gasteiger partial charge in [-0.2, -0.15) is 5.10 Å². The molecule has 9 heteroatoms. The Kier molecular flexibility index (Phi) is 4.04. The van der Waals surface area contributed by atoms with Gasteiger partial charge in [0, 0.05) is 16.4 Å². The monoisotopic (exact) mass is 423 g/mol. The van der Waals surface area contributed by atoms with E-state index in [4.69, 9.17) is 4.42 Å². The van der Waals surface area contributed by atoms with Crippen molar-refractivity contribution >= 4 is 38.5 Å². The van der Waals surface area contributed by atoms with Gasteiger partial charge in [-0.05, 0) is 52.3 Å². The fourth-order valence-electron chi connectivity index (χ4n) is 2.63. The van der Waals surface area contributed by atoms with Crippen molar-refractivity contribution in [3.8, 4) is 5.69 Å². The van der Waals surface area contributed by atoms with Crippen LogP contribution in [0.5, 0.6) is 0 Å². The Hall–Kier alpha value is -2.26. The molecule has 0 bridgehead atoms. The molecule has 3 heterocycles. The largest absolute Gasteiger partial charge is 0.444 e. The van der Waals surface area contributed by atoms with E-state index >= 15 is 0 Å². The summed E-state index contributed by atoms with van der Waals surface area (Å²) in [6.07, 6.45) is 0. The van der Waals surface area contributed by atoms with E-state index in [1.54, 1.807) is 18.2 Å². The van der Waals surface area contributed by atoms with Gasteiger partial charge in [-0.25, -0.2) is 9.07 Å². The first-order chi connectivity index (χ1) is 12.0. The maximum absolute atomic E-state index is 13.2. The van der Waals surface area contributed by atoms with E-state index < -0.39 is 16.7 Å². The Morgan fingerprint density at radius 2 is 2.00 bits per heavy atom. The summed E-state index contributed by atoms with van der Waals surface area (Å²) in [5.74, 6) is 0.383. The van der Waals surface area contributed by atoms with Crippen molar-refractivity contribution in [1.29, 1.82) is 0 Å². The molecule has 0 spiro atoms. The molecule has 4 rings (SSSR count). The third-order valence-electron chi connectivity index (χ3n) is 3.77. The summed E-state index contributed by atoms with van der Waals surface area (Å²) in [4.78, 5) is 12.4. The van der Waals surface area contributed by atoms with Crippen LogP contribution >= 0.6 is 15.9 Å². The minimum Gasteiger partial charge on any atom is -0.444 e. The number of aromatic nitrogens is 2. The molecule has 25 heavy (non-hydrogen) atoms. The zero-order chi connectivity index (χ0) is 17.6. The molecule has 3 aromatic rings. The minimum absolute atomic E-state index is 0.131. The molecule has 0 aliphatic carbocycles. The number of fused-ring (bicyclic) bond motifs is 1. The van der Waals surface area contributed by atoms with Crippen LogP contribution in [-0.4, -0.2) is 19.9 Å². The summed E-state index contributed by atoms with van der Waals surface area (Å²) in [6.45, 7) is 0. The Morgan fingerprint density at radius 3 is 2.68 bits per heavy atom. The average Bonchev–Trinajstić information content (AvgIpc) is 3.24. The molecule has 1 aliphatic rings. The van der Waals surface area contributed by atoms with Gasteiger partial charge in [-0.1, -0.05) is 0 Å². The number of carbonyl (C=O) groups is 1. The van der Waals surface area contributed by atoms with Crippen LogP contribution in [0.15, 0.2) is 45.5 Å². The van der Waals surface area contributed by atoms with Gasteiger partial charge in [-0.15, -0.1) is 0 Å². The molecule has 6 nitrogen and oxygen atoms in total. The van der Waals surface area contributed by atoms with Crippen molar-refractivity contribution in [3.63, 3.8) is 0 Å². The molecule has 1 aliphatic heterocycles. The number of halogens is 2. The molecule has 1 N–H and O–H groups in total. The van der Waals surface area contributed by atoms with E-state index in [0.29, 0.717) is 33.4 Å². The Balaban J connectivity index is 1.75. The number of hydrogen-bond donors (Lipinski definition) is 1. The van der Waals surface area contributed by atoms with E-state index in [1.165, 1.54) is 22.9 Å². The SMILES string of the molecule is O=C(Nc1c2c(nn1-c1ccc(F)cc1)C[S@](=O)C2)c1ccc(Br)o1. The predicted molar refractivity (Wildman–Crippen MR) is 93.4 cm³/mol. The molecule has 1 amide bonds. The fourth-order valence-corrected chi connectivity index (χ4v) is 4.20.